The highest BCUT2D eigenvalue weighted by Gasteiger charge is 2.27. The molecule has 0 fully saturated rings. The molecule has 1 heterocycles. The van der Waals surface area contributed by atoms with Crippen LogP contribution < -0.4 is 14.8 Å². The third-order valence-corrected chi connectivity index (χ3v) is 4.24. The van der Waals surface area contributed by atoms with Crippen LogP contribution in [0.25, 0.3) is 0 Å². The molecule has 1 aliphatic heterocycles. The van der Waals surface area contributed by atoms with Crippen LogP contribution in [0, 0.1) is 0 Å². The van der Waals surface area contributed by atoms with E-state index < -0.39 is 12.8 Å². The maximum Gasteiger partial charge on any atom is 0.411 e. The van der Waals surface area contributed by atoms with Gasteiger partial charge >= 0.3 is 6.18 Å². The molecular formula is C18H26F3N3O3. The van der Waals surface area contributed by atoms with E-state index in [1.54, 1.807) is 21.3 Å². The molecule has 0 atom stereocenters. The second-order valence-electron chi connectivity index (χ2n) is 6.14. The number of hydrogen-bond acceptors (Lipinski definition) is 4. The predicted molar refractivity (Wildman–Crippen MR) is 96.5 cm³/mol. The molecule has 1 aromatic carbocycles. The highest BCUT2D eigenvalue weighted by atomic mass is 19.4. The fourth-order valence-corrected chi connectivity index (χ4v) is 2.96. The van der Waals surface area contributed by atoms with E-state index in [2.05, 4.69) is 19.9 Å². The molecule has 2 rings (SSSR count). The van der Waals surface area contributed by atoms with Crippen LogP contribution in [0.2, 0.25) is 0 Å². The summed E-state index contributed by atoms with van der Waals surface area (Å²) in [4.78, 5) is 6.37. The van der Waals surface area contributed by atoms with Gasteiger partial charge in [-0.2, -0.15) is 13.2 Å². The average Bonchev–Trinajstić information content (AvgIpc) is 2.65. The van der Waals surface area contributed by atoms with Crippen molar-refractivity contribution in [1.82, 2.24) is 10.2 Å². The maximum atomic E-state index is 12.0. The van der Waals surface area contributed by atoms with Crippen molar-refractivity contribution in [2.45, 2.75) is 25.6 Å². The maximum absolute atomic E-state index is 12.0. The fourth-order valence-electron chi connectivity index (χ4n) is 2.96. The number of methoxy groups -OCH3 is 2. The van der Waals surface area contributed by atoms with E-state index in [1.165, 1.54) is 5.56 Å². The lowest BCUT2D eigenvalue weighted by Crippen LogP contribution is -2.44. The van der Waals surface area contributed by atoms with Gasteiger partial charge < -0.3 is 24.4 Å². The Kier molecular flexibility index (Phi) is 7.58. The molecule has 0 aromatic heterocycles. The molecule has 1 aromatic rings. The van der Waals surface area contributed by atoms with Crippen molar-refractivity contribution in [3.8, 4) is 11.5 Å². The van der Waals surface area contributed by atoms with Crippen LogP contribution in [0.15, 0.2) is 17.1 Å². The summed E-state index contributed by atoms with van der Waals surface area (Å²) in [6.07, 6.45) is -2.98. The van der Waals surface area contributed by atoms with Crippen LogP contribution in [0.1, 0.15) is 17.5 Å². The Morgan fingerprint density at radius 2 is 1.85 bits per heavy atom. The van der Waals surface area contributed by atoms with Crippen molar-refractivity contribution in [1.29, 1.82) is 0 Å². The number of alkyl halides is 3. The van der Waals surface area contributed by atoms with E-state index in [4.69, 9.17) is 9.47 Å². The first-order valence-corrected chi connectivity index (χ1v) is 8.71. The summed E-state index contributed by atoms with van der Waals surface area (Å²) in [5, 5.41) is 3.18. The van der Waals surface area contributed by atoms with E-state index in [-0.39, 0.29) is 6.61 Å². The summed E-state index contributed by atoms with van der Waals surface area (Å²) in [5.74, 6) is 2.11. The number of hydrogen-bond donors (Lipinski definition) is 1. The predicted octanol–water partition coefficient (Wildman–Crippen LogP) is 2.61. The minimum atomic E-state index is -4.28. The van der Waals surface area contributed by atoms with Crippen molar-refractivity contribution < 1.29 is 27.4 Å². The second-order valence-corrected chi connectivity index (χ2v) is 6.14. The Balaban J connectivity index is 1.87. The van der Waals surface area contributed by atoms with Gasteiger partial charge in [-0.15, -0.1) is 0 Å². The lowest BCUT2D eigenvalue weighted by atomic mass is 9.99. The molecule has 0 saturated carbocycles. The number of rotatable bonds is 7. The van der Waals surface area contributed by atoms with E-state index in [1.807, 2.05) is 12.1 Å². The molecule has 0 unspecified atom stereocenters. The van der Waals surface area contributed by atoms with Gasteiger partial charge in [0.05, 0.1) is 14.2 Å². The highest BCUT2D eigenvalue weighted by molar-refractivity contribution is 5.80. The minimum Gasteiger partial charge on any atom is -0.493 e. The first kappa shape index (κ1) is 21.1. The van der Waals surface area contributed by atoms with Crippen molar-refractivity contribution in [2.75, 3.05) is 47.6 Å². The Morgan fingerprint density at radius 1 is 1.19 bits per heavy atom. The first-order valence-electron chi connectivity index (χ1n) is 8.71. The first-order chi connectivity index (χ1) is 12.9. The number of benzene rings is 1. The van der Waals surface area contributed by atoms with Crippen molar-refractivity contribution in [3.63, 3.8) is 0 Å². The van der Waals surface area contributed by atoms with E-state index >= 15 is 0 Å². The molecular weight excluding hydrogens is 363 g/mol. The summed E-state index contributed by atoms with van der Waals surface area (Å²) in [6.45, 7) is 0.770. The minimum absolute atomic E-state index is 0.0450. The molecule has 152 valence electrons. The number of ether oxygens (including phenoxy) is 3. The lowest BCUT2D eigenvalue weighted by Gasteiger charge is -2.32. The second kappa shape index (κ2) is 9.68. The smallest absolute Gasteiger partial charge is 0.411 e. The van der Waals surface area contributed by atoms with Gasteiger partial charge in [-0.25, -0.2) is 0 Å². The standard InChI is InChI=1S/C18H26F3N3O3/c1-22-17(23-6-4-8-27-12-18(19,20)21)24-7-5-13-9-15(25-2)16(26-3)10-14(13)11-24/h9-10H,4-8,11-12H2,1-3H3,(H,22,23). The van der Waals surface area contributed by atoms with Gasteiger partial charge in [-0.3, -0.25) is 4.99 Å². The Labute approximate surface area is 157 Å². The molecule has 0 saturated heterocycles. The summed E-state index contributed by atoms with van der Waals surface area (Å²) >= 11 is 0. The van der Waals surface area contributed by atoms with Crippen LogP contribution in [-0.2, 0) is 17.7 Å². The van der Waals surface area contributed by atoms with Gasteiger partial charge in [-0.1, -0.05) is 0 Å². The zero-order chi connectivity index (χ0) is 19.9. The van der Waals surface area contributed by atoms with Crippen LogP contribution in [-0.4, -0.2) is 64.6 Å². The molecule has 9 heteroatoms. The Hall–Kier alpha value is -2.16. The van der Waals surface area contributed by atoms with Crippen LogP contribution in [0.5, 0.6) is 11.5 Å². The molecule has 6 nitrogen and oxygen atoms in total. The topological polar surface area (TPSA) is 55.3 Å². The molecule has 0 spiro atoms. The van der Waals surface area contributed by atoms with Crippen molar-refractivity contribution in [2.24, 2.45) is 4.99 Å². The quantitative estimate of drug-likeness (QED) is 0.441. The molecule has 1 aliphatic rings. The number of fused-ring (bicyclic) bond motifs is 1. The largest absolute Gasteiger partial charge is 0.493 e. The fraction of sp³-hybridized carbons (Fsp3) is 0.611. The number of nitrogens with zero attached hydrogens (tertiary/aromatic N) is 2. The van der Waals surface area contributed by atoms with E-state index in [0.29, 0.717) is 37.0 Å². The molecule has 0 aliphatic carbocycles. The molecule has 0 radical (unpaired) electrons. The zero-order valence-electron chi connectivity index (χ0n) is 15.9. The summed E-state index contributed by atoms with van der Waals surface area (Å²) in [5.41, 5.74) is 2.34. The van der Waals surface area contributed by atoms with Gasteiger partial charge in [0.2, 0.25) is 0 Å². The average molecular weight is 389 g/mol. The van der Waals surface area contributed by atoms with Gasteiger partial charge in [0.15, 0.2) is 17.5 Å². The lowest BCUT2D eigenvalue weighted by molar-refractivity contribution is -0.173. The Bertz CT molecular complexity index is 651. The van der Waals surface area contributed by atoms with Gasteiger partial charge in [0, 0.05) is 33.3 Å². The number of guanidine groups is 1. The zero-order valence-corrected chi connectivity index (χ0v) is 15.9. The molecule has 1 N–H and O–H groups in total. The van der Waals surface area contributed by atoms with Crippen LogP contribution >= 0.6 is 0 Å². The highest BCUT2D eigenvalue weighted by Crippen LogP contribution is 2.33. The Morgan fingerprint density at radius 3 is 2.44 bits per heavy atom. The summed E-state index contributed by atoms with van der Waals surface area (Å²) < 4.78 is 51.4. The third-order valence-electron chi connectivity index (χ3n) is 4.24. The number of halogens is 3. The van der Waals surface area contributed by atoms with Crippen molar-refractivity contribution >= 4 is 5.96 Å². The summed E-state index contributed by atoms with van der Waals surface area (Å²) in [6, 6.07) is 3.97. The van der Waals surface area contributed by atoms with Crippen LogP contribution in [0.4, 0.5) is 13.2 Å². The third kappa shape index (κ3) is 6.20. The molecule has 0 bridgehead atoms. The normalized spacial score (nSPS) is 14.7. The SMILES string of the molecule is CN=C(NCCCOCC(F)(F)F)N1CCc2cc(OC)c(OC)cc2C1. The van der Waals surface area contributed by atoms with Crippen molar-refractivity contribution in [3.05, 3.63) is 23.3 Å². The molecule has 0 amide bonds. The van der Waals surface area contributed by atoms with Gasteiger partial charge in [0.1, 0.15) is 6.61 Å². The summed E-state index contributed by atoms with van der Waals surface area (Å²) in [7, 11) is 4.91. The van der Waals surface area contributed by atoms with Gasteiger partial charge in [0.25, 0.3) is 0 Å². The van der Waals surface area contributed by atoms with Crippen LogP contribution in [0.3, 0.4) is 0 Å². The molecule has 27 heavy (non-hydrogen) atoms. The monoisotopic (exact) mass is 389 g/mol. The number of nitrogens with one attached hydrogen (secondary N) is 1. The number of aliphatic imine (C=N–C) groups is 1. The van der Waals surface area contributed by atoms with E-state index in [0.717, 1.165) is 18.5 Å². The van der Waals surface area contributed by atoms with E-state index in [9.17, 15) is 13.2 Å². The van der Waals surface area contributed by atoms with Gasteiger partial charge in [-0.05, 0) is 36.1 Å².